The van der Waals surface area contributed by atoms with E-state index in [1.807, 2.05) is 12.1 Å². The van der Waals surface area contributed by atoms with Crippen molar-refractivity contribution in [2.45, 2.75) is 6.92 Å². The van der Waals surface area contributed by atoms with Crippen LogP contribution in [0.25, 0.3) is 0 Å². The van der Waals surface area contributed by atoms with Gasteiger partial charge in [-0.25, -0.2) is 0 Å². The molecule has 68 valence electrons. The van der Waals surface area contributed by atoms with E-state index in [1.165, 1.54) is 11.3 Å². The molecule has 0 aliphatic carbocycles. The Morgan fingerprint density at radius 1 is 1.33 bits per heavy atom. The van der Waals surface area contributed by atoms with E-state index in [2.05, 4.69) is 24.4 Å². The Morgan fingerprint density at radius 2 is 2.00 bits per heavy atom. The standard InChI is InChI=1S/C9H14N2.ClH/c1-8-4-2-3-5-9(8)11-7-6-10;/h2-5,11H,6-7,10H2,1H3;1H. The smallest absolute Gasteiger partial charge is 0.0370 e. The minimum Gasteiger partial charge on any atom is -0.384 e. The van der Waals surface area contributed by atoms with Crippen molar-refractivity contribution < 1.29 is 0 Å². The van der Waals surface area contributed by atoms with Crippen LogP contribution in [0.4, 0.5) is 5.69 Å². The number of hydrogen-bond acceptors (Lipinski definition) is 2. The van der Waals surface area contributed by atoms with Crippen LogP contribution in [-0.2, 0) is 0 Å². The first-order chi connectivity index (χ1) is 5.34. The minimum atomic E-state index is 0. The van der Waals surface area contributed by atoms with Crippen LogP contribution in [0.5, 0.6) is 0 Å². The van der Waals surface area contributed by atoms with Crippen molar-refractivity contribution in [2.75, 3.05) is 18.4 Å². The van der Waals surface area contributed by atoms with E-state index in [-0.39, 0.29) is 12.4 Å². The summed E-state index contributed by atoms with van der Waals surface area (Å²) < 4.78 is 0. The summed E-state index contributed by atoms with van der Waals surface area (Å²) in [5.41, 5.74) is 7.81. The first-order valence-electron chi connectivity index (χ1n) is 3.84. The topological polar surface area (TPSA) is 38.0 Å². The van der Waals surface area contributed by atoms with Crippen LogP contribution in [0, 0.1) is 6.92 Å². The molecule has 0 saturated carbocycles. The third kappa shape index (κ3) is 3.11. The number of para-hydroxylation sites is 1. The zero-order valence-corrected chi connectivity index (χ0v) is 8.03. The van der Waals surface area contributed by atoms with E-state index >= 15 is 0 Å². The van der Waals surface area contributed by atoms with Crippen LogP contribution in [0.15, 0.2) is 24.3 Å². The van der Waals surface area contributed by atoms with E-state index in [0.717, 1.165) is 6.54 Å². The van der Waals surface area contributed by atoms with Gasteiger partial charge in [0.1, 0.15) is 0 Å². The lowest BCUT2D eigenvalue weighted by molar-refractivity contribution is 1.02. The fraction of sp³-hybridized carbons (Fsp3) is 0.333. The summed E-state index contributed by atoms with van der Waals surface area (Å²) in [5, 5.41) is 3.24. The Bertz CT molecular complexity index is 226. The van der Waals surface area contributed by atoms with Gasteiger partial charge in [-0.3, -0.25) is 0 Å². The molecule has 1 rings (SSSR count). The van der Waals surface area contributed by atoms with Gasteiger partial charge in [0, 0.05) is 18.8 Å². The van der Waals surface area contributed by atoms with Gasteiger partial charge in [-0.2, -0.15) is 0 Å². The van der Waals surface area contributed by atoms with Gasteiger partial charge in [0.25, 0.3) is 0 Å². The van der Waals surface area contributed by atoms with E-state index in [4.69, 9.17) is 5.73 Å². The molecular formula is C9H15ClN2. The van der Waals surface area contributed by atoms with Gasteiger partial charge in [-0.1, -0.05) is 18.2 Å². The largest absolute Gasteiger partial charge is 0.384 e. The summed E-state index contributed by atoms with van der Waals surface area (Å²) in [6, 6.07) is 8.19. The first-order valence-corrected chi connectivity index (χ1v) is 3.84. The van der Waals surface area contributed by atoms with Crippen molar-refractivity contribution in [3.8, 4) is 0 Å². The normalized spacial score (nSPS) is 8.83. The molecule has 0 bridgehead atoms. The zero-order valence-electron chi connectivity index (χ0n) is 7.21. The minimum absolute atomic E-state index is 0. The maximum absolute atomic E-state index is 5.36. The van der Waals surface area contributed by atoms with Gasteiger partial charge >= 0.3 is 0 Å². The molecule has 0 aliphatic heterocycles. The second kappa shape index (κ2) is 5.86. The molecule has 3 N–H and O–H groups in total. The molecule has 0 aliphatic rings. The summed E-state index contributed by atoms with van der Waals surface area (Å²) in [5.74, 6) is 0. The maximum atomic E-state index is 5.36. The Hall–Kier alpha value is -0.730. The van der Waals surface area contributed by atoms with Gasteiger partial charge in [0.05, 0.1) is 0 Å². The van der Waals surface area contributed by atoms with Gasteiger partial charge in [-0.15, -0.1) is 12.4 Å². The molecule has 0 fully saturated rings. The van der Waals surface area contributed by atoms with Crippen LogP contribution < -0.4 is 11.1 Å². The molecule has 1 aromatic rings. The molecular weight excluding hydrogens is 172 g/mol. The van der Waals surface area contributed by atoms with Gasteiger partial charge in [-0.05, 0) is 18.6 Å². The Morgan fingerprint density at radius 3 is 2.58 bits per heavy atom. The SMILES string of the molecule is Cc1ccccc1NCCN.Cl. The number of aryl methyl sites for hydroxylation is 1. The number of nitrogens with two attached hydrogens (primary N) is 1. The molecule has 0 heterocycles. The summed E-state index contributed by atoms with van der Waals surface area (Å²) in [4.78, 5) is 0. The van der Waals surface area contributed by atoms with E-state index in [9.17, 15) is 0 Å². The van der Waals surface area contributed by atoms with Crippen molar-refractivity contribution in [1.82, 2.24) is 0 Å². The summed E-state index contributed by atoms with van der Waals surface area (Å²) >= 11 is 0. The second-order valence-electron chi connectivity index (χ2n) is 2.53. The van der Waals surface area contributed by atoms with Crippen LogP contribution in [0.1, 0.15) is 5.56 Å². The number of benzene rings is 1. The summed E-state index contributed by atoms with van der Waals surface area (Å²) in [6.45, 7) is 3.60. The molecule has 0 unspecified atom stereocenters. The molecule has 0 saturated heterocycles. The molecule has 12 heavy (non-hydrogen) atoms. The fourth-order valence-corrected chi connectivity index (χ4v) is 0.978. The highest BCUT2D eigenvalue weighted by atomic mass is 35.5. The van der Waals surface area contributed by atoms with Crippen molar-refractivity contribution in [3.63, 3.8) is 0 Å². The van der Waals surface area contributed by atoms with E-state index in [0.29, 0.717) is 6.54 Å². The molecule has 0 amide bonds. The van der Waals surface area contributed by atoms with Crippen molar-refractivity contribution >= 4 is 18.1 Å². The lowest BCUT2D eigenvalue weighted by Crippen LogP contribution is -2.13. The predicted octanol–water partition coefficient (Wildman–Crippen LogP) is 1.79. The van der Waals surface area contributed by atoms with Crippen molar-refractivity contribution in [2.24, 2.45) is 5.73 Å². The van der Waals surface area contributed by atoms with Crippen LogP contribution >= 0.6 is 12.4 Å². The highest BCUT2D eigenvalue weighted by Gasteiger charge is 1.92. The number of anilines is 1. The van der Waals surface area contributed by atoms with Gasteiger partial charge in [0.15, 0.2) is 0 Å². The number of halogens is 1. The third-order valence-corrected chi connectivity index (χ3v) is 1.60. The first kappa shape index (κ1) is 11.3. The lowest BCUT2D eigenvalue weighted by Gasteiger charge is -2.06. The Kier molecular flexibility index (Phi) is 5.51. The van der Waals surface area contributed by atoms with E-state index in [1.54, 1.807) is 0 Å². The quantitative estimate of drug-likeness (QED) is 0.756. The lowest BCUT2D eigenvalue weighted by atomic mass is 10.2. The molecule has 1 aromatic carbocycles. The average Bonchev–Trinajstić information content (AvgIpc) is 2.03. The Labute approximate surface area is 79.6 Å². The van der Waals surface area contributed by atoms with Gasteiger partial charge < -0.3 is 11.1 Å². The molecule has 0 radical (unpaired) electrons. The zero-order chi connectivity index (χ0) is 8.10. The number of nitrogens with one attached hydrogen (secondary N) is 1. The maximum Gasteiger partial charge on any atom is 0.0370 e. The molecule has 0 atom stereocenters. The average molecular weight is 187 g/mol. The second-order valence-corrected chi connectivity index (χ2v) is 2.53. The summed E-state index contributed by atoms with van der Waals surface area (Å²) in [6.07, 6.45) is 0. The van der Waals surface area contributed by atoms with Crippen LogP contribution in [0.3, 0.4) is 0 Å². The highest BCUT2D eigenvalue weighted by molar-refractivity contribution is 5.85. The van der Waals surface area contributed by atoms with Crippen LogP contribution in [-0.4, -0.2) is 13.1 Å². The highest BCUT2D eigenvalue weighted by Crippen LogP contribution is 2.11. The predicted molar refractivity (Wildman–Crippen MR) is 56.0 cm³/mol. The fourth-order valence-electron chi connectivity index (χ4n) is 0.978. The Balaban J connectivity index is 0.00000121. The third-order valence-electron chi connectivity index (χ3n) is 1.60. The van der Waals surface area contributed by atoms with Crippen LogP contribution in [0.2, 0.25) is 0 Å². The summed E-state index contributed by atoms with van der Waals surface area (Å²) in [7, 11) is 0. The molecule has 3 heteroatoms. The van der Waals surface area contributed by atoms with E-state index < -0.39 is 0 Å². The molecule has 0 aromatic heterocycles. The molecule has 0 spiro atoms. The number of rotatable bonds is 3. The molecule has 2 nitrogen and oxygen atoms in total. The van der Waals surface area contributed by atoms with Gasteiger partial charge in [0.2, 0.25) is 0 Å². The number of hydrogen-bond donors (Lipinski definition) is 2. The monoisotopic (exact) mass is 186 g/mol. The van der Waals surface area contributed by atoms with Crippen molar-refractivity contribution in [1.29, 1.82) is 0 Å². The van der Waals surface area contributed by atoms with Crippen molar-refractivity contribution in [3.05, 3.63) is 29.8 Å².